The van der Waals surface area contributed by atoms with Crippen molar-refractivity contribution < 1.29 is 14.0 Å². The van der Waals surface area contributed by atoms with Crippen molar-refractivity contribution in [1.82, 2.24) is 10.7 Å². The van der Waals surface area contributed by atoms with Gasteiger partial charge in [-0.15, -0.1) is 0 Å². The second-order valence-electron chi connectivity index (χ2n) is 6.86. The molecule has 0 bridgehead atoms. The van der Waals surface area contributed by atoms with Crippen LogP contribution in [0.5, 0.6) is 0 Å². The molecule has 0 unspecified atom stereocenters. The van der Waals surface area contributed by atoms with Gasteiger partial charge in [-0.05, 0) is 61.9 Å². The van der Waals surface area contributed by atoms with Gasteiger partial charge in [0, 0.05) is 24.3 Å². The van der Waals surface area contributed by atoms with Crippen LogP contribution >= 0.6 is 0 Å². The number of furan rings is 1. The molecule has 0 atom stereocenters. The molecule has 2 amide bonds. The van der Waals surface area contributed by atoms with E-state index in [-0.39, 0.29) is 11.6 Å². The minimum atomic E-state index is -0.551. The maximum absolute atomic E-state index is 12.8. The number of benzene rings is 2. The Morgan fingerprint density at radius 3 is 2.31 bits per heavy atom. The summed E-state index contributed by atoms with van der Waals surface area (Å²) in [6.07, 6.45) is 4.51. The number of hydrogen-bond acceptors (Lipinski definition) is 5. The van der Waals surface area contributed by atoms with Crippen LogP contribution < -0.4 is 15.6 Å². The molecule has 32 heavy (non-hydrogen) atoms. The maximum atomic E-state index is 12.8. The Labute approximate surface area is 187 Å². The van der Waals surface area contributed by atoms with Gasteiger partial charge in [0.15, 0.2) is 0 Å². The first-order valence-corrected chi connectivity index (χ1v) is 10.4. The van der Waals surface area contributed by atoms with E-state index < -0.39 is 5.91 Å². The normalized spacial score (nSPS) is 11.4. The second-order valence-corrected chi connectivity index (χ2v) is 6.86. The summed E-state index contributed by atoms with van der Waals surface area (Å²) in [4.78, 5) is 27.6. The van der Waals surface area contributed by atoms with E-state index in [4.69, 9.17) is 4.42 Å². The summed E-state index contributed by atoms with van der Waals surface area (Å²) in [6, 6.07) is 19.9. The molecule has 1 heterocycles. The number of nitrogens with zero attached hydrogens (tertiary/aromatic N) is 2. The van der Waals surface area contributed by atoms with Crippen molar-refractivity contribution in [2.24, 2.45) is 5.10 Å². The van der Waals surface area contributed by atoms with Gasteiger partial charge in [-0.2, -0.15) is 5.10 Å². The quantitative estimate of drug-likeness (QED) is 0.305. The van der Waals surface area contributed by atoms with Crippen molar-refractivity contribution in [3.8, 4) is 0 Å². The number of rotatable bonds is 9. The summed E-state index contributed by atoms with van der Waals surface area (Å²) >= 11 is 0. The lowest BCUT2D eigenvalue weighted by atomic mass is 10.1. The highest BCUT2D eigenvalue weighted by atomic mass is 16.3. The van der Waals surface area contributed by atoms with Crippen molar-refractivity contribution in [2.75, 3.05) is 18.0 Å². The van der Waals surface area contributed by atoms with Crippen molar-refractivity contribution in [3.63, 3.8) is 0 Å². The Balaban J connectivity index is 1.81. The number of anilines is 1. The highest BCUT2D eigenvalue weighted by molar-refractivity contribution is 6.05. The van der Waals surface area contributed by atoms with Gasteiger partial charge < -0.3 is 14.6 Å². The molecule has 0 spiro atoms. The molecule has 7 heteroatoms. The minimum Gasteiger partial charge on any atom is -0.463 e. The molecule has 0 aliphatic rings. The number of carbonyl (C=O) groups is 2. The topological polar surface area (TPSA) is 86.9 Å². The maximum Gasteiger partial charge on any atom is 0.287 e. The van der Waals surface area contributed by atoms with Crippen LogP contribution in [0.15, 0.2) is 88.2 Å². The summed E-state index contributed by atoms with van der Waals surface area (Å²) in [5.41, 5.74) is 4.81. The van der Waals surface area contributed by atoms with E-state index in [0.717, 1.165) is 24.3 Å². The van der Waals surface area contributed by atoms with E-state index in [0.29, 0.717) is 11.3 Å². The van der Waals surface area contributed by atoms with E-state index >= 15 is 0 Å². The highest BCUT2D eigenvalue weighted by Gasteiger charge is 2.14. The first-order valence-electron chi connectivity index (χ1n) is 10.4. The lowest BCUT2D eigenvalue weighted by Crippen LogP contribution is -2.32. The molecular weight excluding hydrogens is 404 g/mol. The van der Waals surface area contributed by atoms with Gasteiger partial charge in [0.25, 0.3) is 11.8 Å². The van der Waals surface area contributed by atoms with E-state index in [2.05, 4.69) is 34.6 Å². The Morgan fingerprint density at radius 1 is 0.969 bits per heavy atom. The lowest BCUT2D eigenvalue weighted by molar-refractivity contribution is -0.117. The van der Waals surface area contributed by atoms with Crippen molar-refractivity contribution in [3.05, 3.63) is 95.6 Å². The fourth-order valence-corrected chi connectivity index (χ4v) is 3.06. The summed E-state index contributed by atoms with van der Waals surface area (Å²) in [6.45, 7) is 6.00. The molecule has 164 valence electrons. The fraction of sp³-hybridized carbons (Fsp3) is 0.160. The SMILES string of the molecule is CCN(CC)c1ccc(/C=C(/NC(=O)c2ccccc2)C(=O)N/N=C/c2ccco2)cc1. The van der Waals surface area contributed by atoms with Crippen LogP contribution in [0.4, 0.5) is 5.69 Å². The zero-order valence-electron chi connectivity index (χ0n) is 18.1. The molecule has 7 nitrogen and oxygen atoms in total. The fourth-order valence-electron chi connectivity index (χ4n) is 3.06. The molecule has 2 N–H and O–H groups in total. The standard InChI is InChI=1S/C25H26N4O3/c1-3-29(4-2)21-14-12-19(13-15-21)17-23(27-24(30)20-9-6-5-7-10-20)25(31)28-26-18-22-11-8-16-32-22/h5-18H,3-4H2,1-2H3,(H,27,30)(H,28,31)/b23-17+,26-18+. The van der Waals surface area contributed by atoms with Crippen LogP contribution in [0.1, 0.15) is 35.5 Å². The van der Waals surface area contributed by atoms with Crippen molar-refractivity contribution >= 4 is 29.8 Å². The molecule has 2 aromatic carbocycles. The van der Waals surface area contributed by atoms with E-state index in [1.165, 1.54) is 12.5 Å². The van der Waals surface area contributed by atoms with Gasteiger partial charge in [0.1, 0.15) is 11.5 Å². The highest BCUT2D eigenvalue weighted by Crippen LogP contribution is 2.16. The summed E-state index contributed by atoms with van der Waals surface area (Å²) in [7, 11) is 0. The smallest absolute Gasteiger partial charge is 0.287 e. The monoisotopic (exact) mass is 430 g/mol. The zero-order valence-corrected chi connectivity index (χ0v) is 18.1. The third kappa shape index (κ3) is 6.18. The molecule has 0 aliphatic heterocycles. The number of carbonyl (C=O) groups excluding carboxylic acids is 2. The van der Waals surface area contributed by atoms with Crippen LogP contribution in [0, 0.1) is 0 Å². The molecular formula is C25H26N4O3. The third-order valence-electron chi connectivity index (χ3n) is 4.76. The van der Waals surface area contributed by atoms with Gasteiger partial charge >= 0.3 is 0 Å². The van der Waals surface area contributed by atoms with E-state index in [1.54, 1.807) is 42.5 Å². The van der Waals surface area contributed by atoms with Gasteiger partial charge in [-0.25, -0.2) is 5.43 Å². The van der Waals surface area contributed by atoms with Crippen LogP contribution in [0.3, 0.4) is 0 Å². The van der Waals surface area contributed by atoms with Crippen molar-refractivity contribution in [1.29, 1.82) is 0 Å². The largest absolute Gasteiger partial charge is 0.463 e. The molecule has 0 saturated carbocycles. The molecule has 0 radical (unpaired) electrons. The van der Waals surface area contributed by atoms with Gasteiger partial charge in [-0.3, -0.25) is 9.59 Å². The summed E-state index contributed by atoms with van der Waals surface area (Å²) in [5.74, 6) is -0.442. The Bertz CT molecular complexity index is 1070. The summed E-state index contributed by atoms with van der Waals surface area (Å²) in [5, 5.41) is 6.59. The molecule has 3 aromatic rings. The van der Waals surface area contributed by atoms with Gasteiger partial charge in [0.05, 0.1) is 12.5 Å². The Kier molecular flexibility index (Phi) is 7.97. The van der Waals surface area contributed by atoms with E-state index in [1.807, 2.05) is 30.3 Å². The molecule has 3 rings (SSSR count). The number of amides is 2. The van der Waals surface area contributed by atoms with Crippen molar-refractivity contribution in [2.45, 2.75) is 13.8 Å². The zero-order chi connectivity index (χ0) is 22.8. The predicted octanol–water partition coefficient (Wildman–Crippen LogP) is 4.05. The predicted molar refractivity (Wildman–Crippen MR) is 126 cm³/mol. The second kappa shape index (κ2) is 11.3. The number of nitrogens with one attached hydrogen (secondary N) is 2. The van der Waals surface area contributed by atoms with Crippen LogP contribution in [-0.4, -0.2) is 31.1 Å². The summed E-state index contributed by atoms with van der Waals surface area (Å²) < 4.78 is 5.15. The minimum absolute atomic E-state index is 0.0750. The van der Waals surface area contributed by atoms with E-state index in [9.17, 15) is 9.59 Å². The molecule has 1 aromatic heterocycles. The third-order valence-corrected chi connectivity index (χ3v) is 4.76. The van der Waals surface area contributed by atoms with Crippen LogP contribution in [0.25, 0.3) is 6.08 Å². The average Bonchev–Trinajstić information content (AvgIpc) is 3.34. The number of hydrazone groups is 1. The first-order chi connectivity index (χ1) is 15.6. The molecule has 0 fully saturated rings. The van der Waals surface area contributed by atoms with Crippen LogP contribution in [0.2, 0.25) is 0 Å². The number of hydrogen-bond donors (Lipinski definition) is 2. The first kappa shape index (κ1) is 22.6. The Morgan fingerprint density at radius 2 is 1.69 bits per heavy atom. The van der Waals surface area contributed by atoms with Crippen LogP contribution in [-0.2, 0) is 4.79 Å². The molecule has 0 saturated heterocycles. The molecule has 0 aliphatic carbocycles. The van der Waals surface area contributed by atoms with Gasteiger partial charge in [0.2, 0.25) is 0 Å². The average molecular weight is 431 g/mol. The van der Waals surface area contributed by atoms with Gasteiger partial charge in [-0.1, -0.05) is 30.3 Å². The Hall–Kier alpha value is -4.13. The lowest BCUT2D eigenvalue weighted by Gasteiger charge is -2.20.